The smallest absolute Gasteiger partial charge is 0.311 e. The van der Waals surface area contributed by atoms with Gasteiger partial charge in [0.2, 0.25) is 0 Å². The fraction of sp³-hybridized carbons (Fsp3) is 0.923. The van der Waals surface area contributed by atoms with Gasteiger partial charge in [-0.25, -0.2) is 0 Å². The first-order valence-electron chi connectivity index (χ1n) is 6.15. The summed E-state index contributed by atoms with van der Waals surface area (Å²) in [7, 11) is 0. The van der Waals surface area contributed by atoms with Gasteiger partial charge in [-0.2, -0.15) is 0 Å². The van der Waals surface area contributed by atoms with Crippen molar-refractivity contribution in [2.75, 3.05) is 13.2 Å². The number of hydrogen-bond acceptors (Lipinski definition) is 4. The van der Waals surface area contributed by atoms with Crippen molar-refractivity contribution >= 4 is 5.97 Å². The summed E-state index contributed by atoms with van der Waals surface area (Å²) in [4.78, 5) is 11.7. The summed E-state index contributed by atoms with van der Waals surface area (Å²) in [6.45, 7) is 12.2. The van der Waals surface area contributed by atoms with Crippen LogP contribution in [0.1, 0.15) is 48.0 Å². The topological polar surface area (TPSA) is 61.5 Å². The summed E-state index contributed by atoms with van der Waals surface area (Å²) >= 11 is 0. The zero-order valence-electron chi connectivity index (χ0n) is 12.0. The molecule has 17 heavy (non-hydrogen) atoms. The lowest BCUT2D eigenvalue weighted by atomic mass is 9.91. The summed E-state index contributed by atoms with van der Waals surface area (Å²) in [5, 5.41) is 0. The summed E-state index contributed by atoms with van der Waals surface area (Å²) < 4.78 is 10.7. The molecule has 2 N–H and O–H groups in total. The Bertz CT molecular complexity index is 244. The van der Waals surface area contributed by atoms with Crippen LogP contribution >= 0.6 is 0 Å². The highest BCUT2D eigenvalue weighted by atomic mass is 16.5. The van der Waals surface area contributed by atoms with E-state index < -0.39 is 5.41 Å². The molecule has 102 valence electrons. The zero-order chi connectivity index (χ0) is 13.7. The maximum absolute atomic E-state index is 11.7. The molecule has 0 aliphatic heterocycles. The van der Waals surface area contributed by atoms with E-state index in [0.29, 0.717) is 6.61 Å². The highest BCUT2D eigenvalue weighted by molar-refractivity contribution is 5.75. The number of nitrogens with two attached hydrogens (primary N) is 1. The van der Waals surface area contributed by atoms with Gasteiger partial charge in [0.15, 0.2) is 0 Å². The average Bonchev–Trinajstić information content (AvgIpc) is 2.21. The summed E-state index contributed by atoms with van der Waals surface area (Å²) in [5.74, 6) is -0.203. The van der Waals surface area contributed by atoms with Crippen LogP contribution in [0.4, 0.5) is 0 Å². The van der Waals surface area contributed by atoms with E-state index in [2.05, 4.69) is 0 Å². The largest absolute Gasteiger partial charge is 0.464 e. The molecule has 4 nitrogen and oxygen atoms in total. The summed E-state index contributed by atoms with van der Waals surface area (Å²) in [6, 6.07) is -0.272. The van der Waals surface area contributed by atoms with Crippen LogP contribution in [0.15, 0.2) is 0 Å². The number of ether oxygens (including phenoxy) is 2. The zero-order valence-corrected chi connectivity index (χ0v) is 12.0. The lowest BCUT2D eigenvalue weighted by Crippen LogP contribution is -2.38. The summed E-state index contributed by atoms with van der Waals surface area (Å²) in [5.41, 5.74) is 5.15. The SMILES string of the molecule is CCC(C)(C)C(=O)OCC(N)COC(C)(C)C. The Morgan fingerprint density at radius 3 is 2.12 bits per heavy atom. The van der Waals surface area contributed by atoms with Crippen molar-refractivity contribution in [2.45, 2.75) is 59.6 Å². The van der Waals surface area contributed by atoms with Crippen molar-refractivity contribution in [3.05, 3.63) is 0 Å². The Morgan fingerprint density at radius 1 is 1.18 bits per heavy atom. The number of rotatable bonds is 6. The van der Waals surface area contributed by atoms with Gasteiger partial charge >= 0.3 is 5.97 Å². The molecule has 0 amide bonds. The maximum Gasteiger partial charge on any atom is 0.311 e. The van der Waals surface area contributed by atoms with E-state index in [-0.39, 0.29) is 24.2 Å². The van der Waals surface area contributed by atoms with Crippen LogP contribution in [-0.2, 0) is 14.3 Å². The molecule has 0 aromatic heterocycles. The molecule has 0 bridgehead atoms. The number of carbonyl (C=O) groups is 1. The van der Waals surface area contributed by atoms with Gasteiger partial charge in [0.25, 0.3) is 0 Å². The van der Waals surface area contributed by atoms with Crippen molar-refractivity contribution in [1.29, 1.82) is 0 Å². The van der Waals surface area contributed by atoms with E-state index in [1.165, 1.54) is 0 Å². The third-order valence-electron chi connectivity index (χ3n) is 2.60. The highest BCUT2D eigenvalue weighted by Crippen LogP contribution is 2.21. The molecule has 0 aromatic rings. The molecule has 0 saturated heterocycles. The Balaban J connectivity index is 3.93. The molecule has 0 aliphatic carbocycles. The average molecular weight is 245 g/mol. The van der Waals surface area contributed by atoms with Crippen LogP contribution in [-0.4, -0.2) is 30.8 Å². The molecule has 0 fully saturated rings. The monoisotopic (exact) mass is 245 g/mol. The fourth-order valence-corrected chi connectivity index (χ4v) is 0.928. The molecular weight excluding hydrogens is 218 g/mol. The maximum atomic E-state index is 11.7. The molecular formula is C13H27NO3. The predicted octanol–water partition coefficient (Wildman–Crippen LogP) is 2.11. The minimum absolute atomic E-state index is 0.203. The molecule has 1 atom stereocenters. The minimum Gasteiger partial charge on any atom is -0.464 e. The lowest BCUT2D eigenvalue weighted by molar-refractivity contribution is -0.155. The molecule has 4 heteroatoms. The molecule has 0 rings (SSSR count). The van der Waals surface area contributed by atoms with Gasteiger partial charge in [-0.05, 0) is 41.0 Å². The van der Waals surface area contributed by atoms with E-state index in [1.807, 2.05) is 41.5 Å². The van der Waals surface area contributed by atoms with Crippen molar-refractivity contribution in [3.63, 3.8) is 0 Å². The number of carbonyl (C=O) groups excluding carboxylic acids is 1. The first-order chi connectivity index (χ1) is 7.58. The van der Waals surface area contributed by atoms with Gasteiger partial charge in [0.05, 0.1) is 23.7 Å². The highest BCUT2D eigenvalue weighted by Gasteiger charge is 2.27. The van der Waals surface area contributed by atoms with Gasteiger partial charge < -0.3 is 15.2 Å². The van der Waals surface area contributed by atoms with Crippen molar-refractivity contribution < 1.29 is 14.3 Å². The lowest BCUT2D eigenvalue weighted by Gasteiger charge is -2.24. The molecule has 0 heterocycles. The first-order valence-corrected chi connectivity index (χ1v) is 6.15. The van der Waals surface area contributed by atoms with Crippen molar-refractivity contribution in [1.82, 2.24) is 0 Å². The molecule has 0 aromatic carbocycles. The molecule has 0 saturated carbocycles. The Hall–Kier alpha value is -0.610. The van der Waals surface area contributed by atoms with Gasteiger partial charge in [0, 0.05) is 0 Å². The Morgan fingerprint density at radius 2 is 1.71 bits per heavy atom. The first kappa shape index (κ1) is 16.4. The predicted molar refractivity (Wildman–Crippen MR) is 68.7 cm³/mol. The second kappa shape index (κ2) is 6.36. The van der Waals surface area contributed by atoms with E-state index in [9.17, 15) is 4.79 Å². The standard InChI is InChI=1S/C13H27NO3/c1-7-13(5,6)11(15)16-8-10(14)9-17-12(2,3)4/h10H,7-9,14H2,1-6H3. The van der Waals surface area contributed by atoms with E-state index >= 15 is 0 Å². The fourth-order valence-electron chi connectivity index (χ4n) is 0.928. The number of esters is 1. The van der Waals surface area contributed by atoms with Crippen LogP contribution in [0, 0.1) is 5.41 Å². The van der Waals surface area contributed by atoms with Crippen LogP contribution in [0.25, 0.3) is 0 Å². The van der Waals surface area contributed by atoms with Crippen LogP contribution in [0.5, 0.6) is 0 Å². The van der Waals surface area contributed by atoms with Crippen LogP contribution < -0.4 is 5.73 Å². The second-order valence-electron chi connectivity index (χ2n) is 6.02. The molecule has 1 unspecified atom stereocenters. The van der Waals surface area contributed by atoms with Crippen LogP contribution in [0.2, 0.25) is 0 Å². The van der Waals surface area contributed by atoms with E-state index in [4.69, 9.17) is 15.2 Å². The molecule has 0 radical (unpaired) electrons. The minimum atomic E-state index is -0.440. The van der Waals surface area contributed by atoms with Crippen molar-refractivity contribution in [2.24, 2.45) is 11.1 Å². The van der Waals surface area contributed by atoms with Gasteiger partial charge in [-0.1, -0.05) is 6.92 Å². The Labute approximate surface area is 105 Å². The third kappa shape index (κ3) is 7.34. The normalized spacial score (nSPS) is 14.5. The quantitative estimate of drug-likeness (QED) is 0.728. The molecule has 0 spiro atoms. The van der Waals surface area contributed by atoms with Gasteiger partial charge in [-0.15, -0.1) is 0 Å². The van der Waals surface area contributed by atoms with Crippen molar-refractivity contribution in [3.8, 4) is 0 Å². The van der Waals surface area contributed by atoms with Gasteiger partial charge in [-0.3, -0.25) is 4.79 Å². The van der Waals surface area contributed by atoms with Crippen LogP contribution in [0.3, 0.4) is 0 Å². The molecule has 0 aliphatic rings. The van der Waals surface area contributed by atoms with E-state index in [1.54, 1.807) is 0 Å². The Kier molecular flexibility index (Phi) is 6.13. The summed E-state index contributed by atoms with van der Waals surface area (Å²) in [6.07, 6.45) is 0.750. The third-order valence-corrected chi connectivity index (χ3v) is 2.60. The second-order valence-corrected chi connectivity index (χ2v) is 6.02. The number of hydrogen-bond donors (Lipinski definition) is 1. The van der Waals surface area contributed by atoms with Gasteiger partial charge in [0.1, 0.15) is 6.61 Å². The van der Waals surface area contributed by atoms with E-state index in [0.717, 1.165) is 6.42 Å².